The molecule has 5 rings (SSSR count). The van der Waals surface area contributed by atoms with Crippen molar-refractivity contribution in [2.24, 2.45) is 0 Å². The van der Waals surface area contributed by atoms with Gasteiger partial charge in [0, 0.05) is 0 Å². The van der Waals surface area contributed by atoms with Crippen molar-refractivity contribution >= 4 is 53.9 Å². The van der Waals surface area contributed by atoms with Gasteiger partial charge in [0.05, 0.1) is 31.1 Å². The zero-order valence-corrected chi connectivity index (χ0v) is 27.8. The van der Waals surface area contributed by atoms with Gasteiger partial charge in [-0.2, -0.15) is 0 Å². The van der Waals surface area contributed by atoms with Gasteiger partial charge in [0.15, 0.2) is 17.7 Å². The summed E-state index contributed by atoms with van der Waals surface area (Å²) in [5.74, 6) is -3.83. The number of para-hydroxylation sites is 1. The lowest BCUT2D eigenvalue weighted by Gasteiger charge is -2.44. The second kappa shape index (κ2) is 14.5. The smallest absolute Gasteiger partial charge is 0.450 e. The summed E-state index contributed by atoms with van der Waals surface area (Å²) < 4.78 is 28.8. The predicted molar refractivity (Wildman–Crippen MR) is 168 cm³/mol. The van der Waals surface area contributed by atoms with E-state index in [2.05, 4.69) is 20.1 Å². The molecule has 4 amide bonds. The maximum atomic E-state index is 13.8. The maximum Gasteiger partial charge on any atom is 0.513 e. The molecule has 3 heterocycles. The average molecular weight is 717 g/mol. The summed E-state index contributed by atoms with van der Waals surface area (Å²) >= 11 is 1.26. The first kappa shape index (κ1) is 35.7. The minimum atomic E-state index is -1.55. The van der Waals surface area contributed by atoms with Crippen LogP contribution in [0.15, 0.2) is 48.5 Å². The monoisotopic (exact) mass is 716 g/mol. The van der Waals surface area contributed by atoms with Crippen LogP contribution in [-0.4, -0.2) is 113 Å². The number of hydrogen-bond acceptors (Lipinski definition) is 14. The number of carboxylic acid groups (broad SMARTS) is 1. The summed E-state index contributed by atoms with van der Waals surface area (Å²) in [6.07, 6.45) is -5.02. The Hall–Kier alpha value is -5.56. The molecule has 18 nitrogen and oxygen atoms in total. The minimum absolute atomic E-state index is 0.277. The summed E-state index contributed by atoms with van der Waals surface area (Å²) in [5, 5.41) is 13.9. The number of carbonyl (C=O) groups excluding carboxylic acids is 6. The first-order chi connectivity index (χ1) is 23.8. The number of fused-ring (bicyclic) bond motifs is 1. The van der Waals surface area contributed by atoms with Crippen LogP contribution in [0.25, 0.3) is 0 Å². The fraction of sp³-hybridized carbons (Fsp3) is 0.387. The van der Waals surface area contributed by atoms with E-state index in [0.717, 1.165) is 19.1 Å². The Morgan fingerprint density at radius 1 is 0.980 bits per heavy atom. The van der Waals surface area contributed by atoms with E-state index in [4.69, 9.17) is 18.9 Å². The molecule has 0 aliphatic carbocycles. The molecule has 3 aliphatic rings. The van der Waals surface area contributed by atoms with Gasteiger partial charge in [-0.05, 0) is 31.5 Å². The number of methoxy groups -OCH3 is 2. The lowest BCUT2D eigenvalue weighted by molar-refractivity contribution is -0.163. The number of nitrogens with zero attached hydrogens (tertiary/aromatic N) is 2. The topological polar surface area (TPSA) is 226 Å². The average Bonchev–Trinajstić information content (AvgIpc) is 3.67. The van der Waals surface area contributed by atoms with Gasteiger partial charge >= 0.3 is 18.5 Å². The molecule has 3 fully saturated rings. The van der Waals surface area contributed by atoms with Crippen LogP contribution in [-0.2, 0) is 33.3 Å². The van der Waals surface area contributed by atoms with Crippen LogP contribution < -0.4 is 20.1 Å². The Morgan fingerprint density at radius 2 is 1.66 bits per heavy atom. The highest BCUT2D eigenvalue weighted by atomic mass is 32.2. The Morgan fingerprint density at radius 3 is 2.32 bits per heavy atom. The van der Waals surface area contributed by atoms with Gasteiger partial charge < -0.3 is 49.1 Å². The second-order valence-electron chi connectivity index (χ2n) is 11.5. The fourth-order valence-corrected chi connectivity index (χ4v) is 7.10. The fourth-order valence-electron chi connectivity index (χ4n) is 5.55. The van der Waals surface area contributed by atoms with Gasteiger partial charge in [0.25, 0.3) is 11.8 Å². The third kappa shape index (κ3) is 7.08. The van der Waals surface area contributed by atoms with Crippen LogP contribution in [0.1, 0.15) is 35.8 Å². The van der Waals surface area contributed by atoms with Gasteiger partial charge in [0.2, 0.25) is 11.8 Å². The molecular formula is C31H32N4O14S. The molecule has 0 radical (unpaired) electrons. The number of carbonyl (C=O) groups is 7. The summed E-state index contributed by atoms with van der Waals surface area (Å²) in [6.45, 7) is 2.78. The Kier molecular flexibility index (Phi) is 10.4. The zero-order valence-electron chi connectivity index (χ0n) is 27.0. The molecular weight excluding hydrogens is 684 g/mol. The molecule has 0 saturated carbocycles. The van der Waals surface area contributed by atoms with E-state index in [-0.39, 0.29) is 24.7 Å². The number of β-lactam (4-membered cyclic amide) rings is 1. The molecule has 3 N–H and O–H groups in total. The second-order valence-corrected chi connectivity index (χ2v) is 13.2. The first-order valence-electron chi connectivity index (χ1n) is 14.9. The molecule has 3 aliphatic heterocycles. The van der Waals surface area contributed by atoms with E-state index in [0.29, 0.717) is 5.56 Å². The van der Waals surface area contributed by atoms with E-state index < -0.39 is 82.3 Å². The quantitative estimate of drug-likeness (QED) is 0.146. The number of rotatable bonds is 9. The van der Waals surface area contributed by atoms with E-state index in [1.54, 1.807) is 44.2 Å². The molecule has 2 aromatic rings. The minimum Gasteiger partial charge on any atom is -0.450 e. The van der Waals surface area contributed by atoms with Crippen LogP contribution in [0.4, 0.5) is 14.4 Å². The Bertz CT molecular complexity index is 1710. The molecule has 4 unspecified atom stereocenters. The highest BCUT2D eigenvalue weighted by Gasteiger charge is 2.63. The van der Waals surface area contributed by atoms with Crippen LogP contribution in [0.5, 0.6) is 11.5 Å². The van der Waals surface area contributed by atoms with Gasteiger partial charge in [-0.25, -0.2) is 14.4 Å². The molecule has 19 heteroatoms. The maximum absolute atomic E-state index is 13.8. The van der Waals surface area contributed by atoms with Crippen LogP contribution in [0, 0.1) is 0 Å². The van der Waals surface area contributed by atoms with Gasteiger partial charge in [-0.15, -0.1) is 11.8 Å². The van der Waals surface area contributed by atoms with E-state index in [1.165, 1.54) is 34.9 Å². The van der Waals surface area contributed by atoms with Crippen molar-refractivity contribution in [1.29, 1.82) is 0 Å². The van der Waals surface area contributed by atoms with Crippen molar-refractivity contribution in [2.75, 3.05) is 27.6 Å². The highest BCUT2D eigenvalue weighted by molar-refractivity contribution is 8.01. The molecule has 3 saturated heterocycles. The van der Waals surface area contributed by atoms with E-state index in [1.807, 2.05) is 0 Å². The molecule has 50 heavy (non-hydrogen) atoms. The Labute approximate surface area is 288 Å². The number of thioether (sulfide) groups is 1. The third-order valence-electron chi connectivity index (χ3n) is 7.91. The van der Waals surface area contributed by atoms with Crippen molar-refractivity contribution in [3.8, 4) is 11.5 Å². The standard InChI is InChI=1S/C31H32N4O14S/c1-31(2)27(49-28(40)41)35-25(39)20(26(35)50-31)33-23(37)19(15-9-6-5-7-10-15)32-22(36)17-13-46-14-34(17)24(38)16-11-8-12-18(47-29(42)44-3)21(16)48-30(43)45-4/h5-12,17,19-20,26-27H,13-14H2,1-4H3,(H,32,36)(H,33,37)(H,40,41)/t17?,19?,20?,26-,27?/m0/s1. The summed E-state index contributed by atoms with van der Waals surface area (Å²) in [7, 11) is 2.07. The molecule has 0 bridgehead atoms. The van der Waals surface area contributed by atoms with Crippen LogP contribution in [0.2, 0.25) is 0 Å². The van der Waals surface area contributed by atoms with Gasteiger partial charge in [0.1, 0.15) is 30.2 Å². The molecule has 266 valence electrons. The zero-order chi connectivity index (χ0) is 36.3. The first-order valence-corrected chi connectivity index (χ1v) is 15.7. The molecule has 0 spiro atoms. The number of ether oxygens (including phenoxy) is 6. The lowest BCUT2D eigenvalue weighted by atomic mass is 10.0. The van der Waals surface area contributed by atoms with E-state index in [9.17, 15) is 38.7 Å². The molecule has 0 aromatic heterocycles. The summed E-state index contributed by atoms with van der Waals surface area (Å²) in [5.41, 5.74) is 0.0550. The predicted octanol–water partition coefficient (Wildman–Crippen LogP) is 1.83. The number of hydrogen-bond donors (Lipinski definition) is 3. The van der Waals surface area contributed by atoms with Crippen LogP contribution >= 0.6 is 11.8 Å². The van der Waals surface area contributed by atoms with Crippen molar-refractivity contribution in [3.05, 3.63) is 59.7 Å². The number of amides is 4. The molecule has 5 atom stereocenters. The van der Waals surface area contributed by atoms with Crippen molar-refractivity contribution in [1.82, 2.24) is 20.4 Å². The number of nitrogens with one attached hydrogen (secondary N) is 2. The van der Waals surface area contributed by atoms with Crippen LogP contribution in [0.3, 0.4) is 0 Å². The van der Waals surface area contributed by atoms with Crippen molar-refractivity contribution in [3.63, 3.8) is 0 Å². The van der Waals surface area contributed by atoms with Gasteiger partial charge in [-0.1, -0.05) is 36.4 Å². The normalized spacial score (nSPS) is 22.3. The lowest BCUT2D eigenvalue weighted by Crippen LogP contribution is -2.70. The van der Waals surface area contributed by atoms with Gasteiger partial charge in [-0.3, -0.25) is 24.1 Å². The third-order valence-corrected chi connectivity index (χ3v) is 9.46. The highest BCUT2D eigenvalue weighted by Crippen LogP contribution is 2.51. The van der Waals surface area contributed by atoms with Crippen molar-refractivity contribution in [2.45, 2.75) is 48.3 Å². The SMILES string of the molecule is COC(=O)Oc1cccc(C(=O)N2COCC2C(=O)NC(C(=O)NC2C(=O)N3C(OC(=O)O)C(C)(C)S[C@@H]23)c2ccccc2)c1OC(=O)OC. The molecule has 2 aromatic carbocycles. The Balaban J connectivity index is 1.36. The number of benzene rings is 2. The summed E-state index contributed by atoms with van der Waals surface area (Å²) in [6, 6.07) is 8.29. The largest absolute Gasteiger partial charge is 0.513 e. The summed E-state index contributed by atoms with van der Waals surface area (Å²) in [4.78, 5) is 91.9. The van der Waals surface area contributed by atoms with Crippen molar-refractivity contribution < 1.29 is 67.1 Å². The van der Waals surface area contributed by atoms with E-state index >= 15 is 0 Å².